The van der Waals surface area contributed by atoms with Gasteiger partial charge in [0.05, 0.1) is 18.7 Å². The van der Waals surface area contributed by atoms with Crippen LogP contribution in [-0.2, 0) is 30.5 Å². The second-order valence-electron chi connectivity index (χ2n) is 7.37. The number of carbonyl (C=O) groups is 5. The molecule has 13 heteroatoms. The normalized spacial score (nSPS) is 21.3. The maximum absolute atomic E-state index is 13.9. The minimum Gasteiger partial charge on any atom is -0.456 e. The van der Waals surface area contributed by atoms with Crippen molar-refractivity contribution < 1.29 is 33.1 Å². The van der Waals surface area contributed by atoms with E-state index in [0.717, 1.165) is 17.8 Å². The summed E-state index contributed by atoms with van der Waals surface area (Å²) >= 11 is 1.14. The average molecular weight is 508 g/mol. The molecule has 2 atom stereocenters. The van der Waals surface area contributed by atoms with E-state index in [-0.39, 0.29) is 29.5 Å². The highest BCUT2D eigenvalue weighted by Gasteiger charge is 2.25. The molecular weight excluding hydrogens is 481 g/mol. The number of amides is 3. The summed E-state index contributed by atoms with van der Waals surface area (Å²) in [7, 11) is 0. The molecule has 1 aromatic rings. The summed E-state index contributed by atoms with van der Waals surface area (Å²) in [4.78, 5) is 68.4. The SMILES string of the molecule is C/C=C1\NC(=O)c2nc(F)cc(n2)CNC(=O)C[C@@H](/C=C/CCSC(C)=O)OC(=O)[C@@H](C)NC1=O. The summed E-state index contributed by atoms with van der Waals surface area (Å²) < 4.78 is 19.3. The van der Waals surface area contributed by atoms with Gasteiger partial charge in [-0.05, 0) is 26.3 Å². The zero-order valence-electron chi connectivity index (χ0n) is 19.4. The van der Waals surface area contributed by atoms with Crippen molar-refractivity contribution in [1.29, 1.82) is 0 Å². The molecule has 188 valence electrons. The zero-order valence-corrected chi connectivity index (χ0v) is 20.2. The fourth-order valence-corrected chi connectivity index (χ4v) is 3.33. The summed E-state index contributed by atoms with van der Waals surface area (Å²) in [5, 5.41) is 7.18. The molecule has 0 radical (unpaired) electrons. The number of ether oxygens (including phenoxy) is 1. The van der Waals surface area contributed by atoms with Crippen LogP contribution in [0.1, 0.15) is 49.9 Å². The number of cyclic esters (lactones) is 1. The van der Waals surface area contributed by atoms with Gasteiger partial charge in [-0.3, -0.25) is 19.2 Å². The van der Waals surface area contributed by atoms with Crippen molar-refractivity contribution in [3.63, 3.8) is 0 Å². The second-order valence-corrected chi connectivity index (χ2v) is 8.64. The van der Waals surface area contributed by atoms with Crippen LogP contribution in [-0.4, -0.2) is 56.7 Å². The summed E-state index contributed by atoms with van der Waals surface area (Å²) in [6.07, 6.45) is 3.77. The second kappa shape index (κ2) is 13.3. The molecule has 0 unspecified atom stereocenters. The smallest absolute Gasteiger partial charge is 0.328 e. The largest absolute Gasteiger partial charge is 0.456 e. The van der Waals surface area contributed by atoms with Gasteiger partial charge in [-0.15, -0.1) is 0 Å². The van der Waals surface area contributed by atoms with Gasteiger partial charge in [0.2, 0.25) is 17.7 Å². The molecule has 3 N–H and O–H groups in total. The van der Waals surface area contributed by atoms with E-state index in [1.165, 1.54) is 32.9 Å². The van der Waals surface area contributed by atoms with Gasteiger partial charge in [0.25, 0.3) is 11.8 Å². The molecule has 3 amide bonds. The Bertz CT molecular complexity index is 1060. The quantitative estimate of drug-likeness (QED) is 0.177. The van der Waals surface area contributed by atoms with Crippen LogP contribution in [0, 0.1) is 5.95 Å². The van der Waals surface area contributed by atoms with Crippen molar-refractivity contribution in [1.82, 2.24) is 25.9 Å². The van der Waals surface area contributed by atoms with Crippen LogP contribution in [0.3, 0.4) is 0 Å². The summed E-state index contributed by atoms with van der Waals surface area (Å²) in [6, 6.07) is -0.165. The van der Waals surface area contributed by atoms with Crippen molar-refractivity contribution in [3.05, 3.63) is 47.5 Å². The van der Waals surface area contributed by atoms with Crippen LogP contribution in [0.2, 0.25) is 0 Å². The Labute approximate surface area is 205 Å². The Morgan fingerprint density at radius 1 is 1.26 bits per heavy atom. The van der Waals surface area contributed by atoms with E-state index in [9.17, 15) is 28.4 Å². The van der Waals surface area contributed by atoms with Crippen molar-refractivity contribution in [3.8, 4) is 0 Å². The van der Waals surface area contributed by atoms with Gasteiger partial charge in [-0.1, -0.05) is 23.9 Å². The molecule has 1 aliphatic rings. The Kier molecular flexibility index (Phi) is 10.5. The first-order chi connectivity index (χ1) is 16.6. The fourth-order valence-electron chi connectivity index (χ4n) is 2.79. The highest BCUT2D eigenvalue weighted by atomic mass is 32.2. The fraction of sp³-hybridized carbons (Fsp3) is 0.409. The van der Waals surface area contributed by atoms with E-state index in [1.807, 2.05) is 0 Å². The standard InChI is InChI=1S/C22H26FN5O6S/c1-4-16-20(31)25-12(2)22(33)34-15(7-5-6-8-35-13(3)29)10-18(30)24-11-14-9-17(23)28-19(26-14)21(32)27-16/h4-5,7,9,12,15H,6,8,10-11H2,1-3H3,(H,24,30)(H,25,31)(H,27,32)/b7-5+,16-4-/t12-,15-/m1/s1. The number of fused-ring (bicyclic) bond motifs is 2. The maximum atomic E-state index is 13.9. The minimum atomic E-state index is -1.12. The topological polar surface area (TPSA) is 156 Å². The molecule has 0 aliphatic carbocycles. The molecule has 0 spiro atoms. The molecule has 1 aromatic heterocycles. The molecular formula is C22H26FN5O6S. The van der Waals surface area contributed by atoms with Gasteiger partial charge in [-0.2, -0.15) is 9.37 Å². The summed E-state index contributed by atoms with van der Waals surface area (Å²) in [5.41, 5.74) is -0.183. The predicted octanol–water partition coefficient (Wildman–Crippen LogP) is 0.912. The molecule has 35 heavy (non-hydrogen) atoms. The van der Waals surface area contributed by atoms with Crippen LogP contribution < -0.4 is 16.0 Å². The first-order valence-corrected chi connectivity index (χ1v) is 11.7. The third-order valence-electron chi connectivity index (χ3n) is 4.50. The summed E-state index contributed by atoms with van der Waals surface area (Å²) in [5.74, 6) is -4.08. The number of thioether (sulfide) groups is 1. The van der Waals surface area contributed by atoms with Crippen molar-refractivity contribution in [2.75, 3.05) is 5.75 Å². The van der Waals surface area contributed by atoms with Crippen molar-refractivity contribution >= 4 is 40.6 Å². The van der Waals surface area contributed by atoms with E-state index in [0.29, 0.717) is 12.2 Å². The monoisotopic (exact) mass is 507 g/mol. The third-order valence-corrected chi connectivity index (χ3v) is 5.34. The number of halogens is 1. The lowest BCUT2D eigenvalue weighted by Crippen LogP contribution is -2.44. The van der Waals surface area contributed by atoms with Crippen molar-refractivity contribution in [2.45, 2.75) is 52.3 Å². The Morgan fingerprint density at radius 3 is 2.69 bits per heavy atom. The van der Waals surface area contributed by atoms with Crippen molar-refractivity contribution in [2.24, 2.45) is 0 Å². The number of carbonyl (C=O) groups excluding carboxylic acids is 5. The third kappa shape index (κ3) is 9.27. The van der Waals surface area contributed by atoms with Crippen LogP contribution >= 0.6 is 11.8 Å². The Balaban J connectivity index is 2.29. The summed E-state index contributed by atoms with van der Waals surface area (Å²) in [6.45, 7) is 4.10. The molecule has 2 bridgehead atoms. The number of allylic oxidation sites excluding steroid dienone is 2. The lowest BCUT2D eigenvalue weighted by Gasteiger charge is -2.19. The number of hydrogen-bond donors (Lipinski definition) is 3. The van der Waals surface area contributed by atoms with Crippen LogP contribution in [0.4, 0.5) is 4.39 Å². The van der Waals surface area contributed by atoms with Gasteiger partial charge in [-0.25, -0.2) is 9.78 Å². The van der Waals surface area contributed by atoms with Gasteiger partial charge in [0, 0.05) is 18.7 Å². The molecule has 11 nitrogen and oxygen atoms in total. The maximum Gasteiger partial charge on any atom is 0.328 e. The minimum absolute atomic E-state index is 0.0218. The van der Waals surface area contributed by atoms with E-state index in [4.69, 9.17) is 4.74 Å². The van der Waals surface area contributed by atoms with Crippen LogP contribution in [0.25, 0.3) is 0 Å². The van der Waals surface area contributed by atoms with Gasteiger partial charge in [0.15, 0.2) is 5.12 Å². The first kappa shape index (κ1) is 27.6. The number of rotatable bonds is 4. The molecule has 0 saturated carbocycles. The molecule has 0 fully saturated rings. The van der Waals surface area contributed by atoms with E-state index in [1.54, 1.807) is 6.08 Å². The first-order valence-electron chi connectivity index (χ1n) is 10.7. The molecule has 1 aliphatic heterocycles. The van der Waals surface area contributed by atoms with E-state index < -0.39 is 47.6 Å². The highest BCUT2D eigenvalue weighted by molar-refractivity contribution is 8.13. The Hall–Kier alpha value is -3.61. The number of esters is 1. The number of nitrogens with zero attached hydrogens (tertiary/aromatic N) is 2. The predicted molar refractivity (Wildman–Crippen MR) is 124 cm³/mol. The lowest BCUT2D eigenvalue weighted by atomic mass is 10.2. The lowest BCUT2D eigenvalue weighted by molar-refractivity contribution is -0.151. The van der Waals surface area contributed by atoms with Gasteiger partial charge in [0.1, 0.15) is 17.8 Å². The van der Waals surface area contributed by atoms with Crippen LogP contribution in [0.5, 0.6) is 0 Å². The van der Waals surface area contributed by atoms with Gasteiger partial charge < -0.3 is 20.7 Å². The van der Waals surface area contributed by atoms with Gasteiger partial charge >= 0.3 is 5.97 Å². The van der Waals surface area contributed by atoms with E-state index in [2.05, 4.69) is 25.9 Å². The molecule has 2 heterocycles. The molecule has 0 aromatic carbocycles. The zero-order chi connectivity index (χ0) is 26.0. The van der Waals surface area contributed by atoms with E-state index >= 15 is 0 Å². The molecule has 0 saturated heterocycles. The highest BCUT2D eigenvalue weighted by Crippen LogP contribution is 2.09. The Morgan fingerprint density at radius 2 is 2.00 bits per heavy atom. The number of hydrogen-bond acceptors (Lipinski definition) is 9. The average Bonchev–Trinajstić information content (AvgIpc) is 2.79. The molecule has 2 rings (SSSR count). The number of nitrogens with one attached hydrogen (secondary N) is 3. The number of aromatic nitrogens is 2. The van der Waals surface area contributed by atoms with Crippen LogP contribution in [0.15, 0.2) is 30.0 Å².